The first-order valence-electron chi connectivity index (χ1n) is 9.87. The Morgan fingerprint density at radius 2 is 1.75 bits per heavy atom. The summed E-state index contributed by atoms with van der Waals surface area (Å²) in [6.45, 7) is 4.02. The molecule has 0 aromatic heterocycles. The lowest BCUT2D eigenvalue weighted by molar-refractivity contribution is -0.133. The summed E-state index contributed by atoms with van der Waals surface area (Å²) in [5.41, 5.74) is 2.20. The van der Waals surface area contributed by atoms with Crippen molar-refractivity contribution in [3.05, 3.63) is 84.4 Å². The Labute approximate surface area is 166 Å². The molecule has 0 radical (unpaired) electrons. The van der Waals surface area contributed by atoms with Gasteiger partial charge in [0.05, 0.1) is 6.04 Å². The number of carbonyl (C=O) groups excluding carboxylic acids is 2. The molecule has 1 fully saturated rings. The number of cyclic esters (lactones) is 1. The van der Waals surface area contributed by atoms with Crippen LogP contribution >= 0.6 is 0 Å². The summed E-state index contributed by atoms with van der Waals surface area (Å²) in [6.07, 6.45) is 5.04. The van der Waals surface area contributed by atoms with Gasteiger partial charge in [-0.25, -0.2) is 9.69 Å². The number of amides is 2. The highest BCUT2D eigenvalue weighted by Gasteiger charge is 2.40. The molecular weight excluding hydrogens is 350 g/mol. The Morgan fingerprint density at radius 3 is 2.39 bits per heavy atom. The van der Waals surface area contributed by atoms with Crippen LogP contribution < -0.4 is 0 Å². The molecule has 3 rings (SSSR count). The molecule has 0 bridgehead atoms. The van der Waals surface area contributed by atoms with Crippen LogP contribution in [-0.4, -0.2) is 29.5 Å². The SMILES string of the molecule is C=CCCC[C@@H](Cc1ccccc1)C(=O)N1C(=O)OC[C@H]1Cc1ccccc1. The van der Waals surface area contributed by atoms with Crippen LogP contribution in [0, 0.1) is 5.92 Å². The molecule has 1 heterocycles. The number of nitrogens with zero attached hydrogens (tertiary/aromatic N) is 1. The van der Waals surface area contributed by atoms with Crippen molar-refractivity contribution >= 4 is 12.0 Å². The molecule has 2 aromatic rings. The van der Waals surface area contributed by atoms with Crippen molar-refractivity contribution in [1.29, 1.82) is 0 Å². The van der Waals surface area contributed by atoms with E-state index < -0.39 is 6.09 Å². The van der Waals surface area contributed by atoms with Gasteiger partial charge >= 0.3 is 6.09 Å². The van der Waals surface area contributed by atoms with Gasteiger partial charge in [-0.3, -0.25) is 4.79 Å². The number of rotatable bonds is 9. The third-order valence-electron chi connectivity index (χ3n) is 5.15. The molecule has 146 valence electrons. The quantitative estimate of drug-likeness (QED) is 0.466. The van der Waals surface area contributed by atoms with Crippen molar-refractivity contribution in [3.63, 3.8) is 0 Å². The van der Waals surface area contributed by atoms with Crippen molar-refractivity contribution in [2.45, 2.75) is 38.1 Å². The van der Waals surface area contributed by atoms with E-state index in [1.165, 1.54) is 4.90 Å². The van der Waals surface area contributed by atoms with E-state index in [0.29, 0.717) is 12.8 Å². The topological polar surface area (TPSA) is 46.6 Å². The molecule has 28 heavy (non-hydrogen) atoms. The van der Waals surface area contributed by atoms with E-state index >= 15 is 0 Å². The minimum absolute atomic E-state index is 0.128. The maximum absolute atomic E-state index is 13.4. The summed E-state index contributed by atoms with van der Waals surface area (Å²) in [7, 11) is 0. The Hall–Kier alpha value is -2.88. The van der Waals surface area contributed by atoms with Gasteiger partial charge in [0, 0.05) is 5.92 Å². The van der Waals surface area contributed by atoms with Gasteiger partial charge in [-0.2, -0.15) is 0 Å². The van der Waals surface area contributed by atoms with Gasteiger partial charge in [-0.15, -0.1) is 6.58 Å². The summed E-state index contributed by atoms with van der Waals surface area (Å²) in [5.74, 6) is -0.373. The van der Waals surface area contributed by atoms with E-state index in [-0.39, 0.29) is 24.5 Å². The fourth-order valence-corrected chi connectivity index (χ4v) is 3.68. The van der Waals surface area contributed by atoms with Crippen LogP contribution in [0.2, 0.25) is 0 Å². The molecule has 0 spiro atoms. The molecule has 1 aliphatic heterocycles. The molecule has 2 atom stereocenters. The van der Waals surface area contributed by atoms with Gasteiger partial charge in [0.2, 0.25) is 5.91 Å². The van der Waals surface area contributed by atoms with Gasteiger partial charge in [-0.1, -0.05) is 66.7 Å². The molecule has 0 saturated carbocycles. The van der Waals surface area contributed by atoms with Crippen LogP contribution in [0.3, 0.4) is 0 Å². The Balaban J connectivity index is 1.76. The summed E-state index contributed by atoms with van der Waals surface area (Å²) in [5, 5.41) is 0. The molecule has 2 aromatic carbocycles. The zero-order valence-electron chi connectivity index (χ0n) is 16.1. The van der Waals surface area contributed by atoms with Crippen molar-refractivity contribution in [2.24, 2.45) is 5.92 Å². The molecule has 4 heteroatoms. The Kier molecular flexibility index (Phi) is 7.01. The molecule has 0 N–H and O–H groups in total. The van der Waals surface area contributed by atoms with Gasteiger partial charge in [0.25, 0.3) is 0 Å². The number of hydrogen-bond donors (Lipinski definition) is 0. The van der Waals surface area contributed by atoms with Crippen molar-refractivity contribution < 1.29 is 14.3 Å². The second kappa shape index (κ2) is 9.88. The number of hydrogen-bond acceptors (Lipinski definition) is 3. The molecular formula is C24H27NO3. The average molecular weight is 377 g/mol. The van der Waals surface area contributed by atoms with E-state index in [1.54, 1.807) is 0 Å². The third-order valence-corrected chi connectivity index (χ3v) is 5.15. The number of unbranched alkanes of at least 4 members (excludes halogenated alkanes) is 1. The highest BCUT2D eigenvalue weighted by atomic mass is 16.6. The highest BCUT2D eigenvalue weighted by molar-refractivity contribution is 5.95. The third kappa shape index (κ3) is 5.10. The zero-order chi connectivity index (χ0) is 19.8. The molecule has 0 unspecified atom stereocenters. The predicted molar refractivity (Wildman–Crippen MR) is 110 cm³/mol. The number of ether oxygens (including phenoxy) is 1. The highest BCUT2D eigenvalue weighted by Crippen LogP contribution is 2.24. The predicted octanol–water partition coefficient (Wildman–Crippen LogP) is 4.79. The van der Waals surface area contributed by atoms with Crippen molar-refractivity contribution in [3.8, 4) is 0 Å². The molecule has 1 saturated heterocycles. The van der Waals surface area contributed by atoms with Crippen LogP contribution in [0.15, 0.2) is 73.3 Å². The number of carbonyl (C=O) groups is 2. The van der Waals surface area contributed by atoms with Gasteiger partial charge in [0.15, 0.2) is 0 Å². The van der Waals surface area contributed by atoms with Crippen LogP contribution in [-0.2, 0) is 22.4 Å². The van der Waals surface area contributed by atoms with E-state index in [1.807, 2.05) is 66.7 Å². The van der Waals surface area contributed by atoms with Crippen LogP contribution in [0.25, 0.3) is 0 Å². The molecule has 1 aliphatic rings. The summed E-state index contributed by atoms with van der Waals surface area (Å²) in [6, 6.07) is 19.6. The van der Waals surface area contributed by atoms with Crippen LogP contribution in [0.4, 0.5) is 4.79 Å². The standard InChI is InChI=1S/C24H27NO3/c1-2-3-6-15-21(16-19-11-7-4-8-12-19)23(26)25-22(18-28-24(25)27)17-20-13-9-5-10-14-20/h2,4-5,7-14,21-22H,1,3,6,15-18H2/t21-,22+/m0/s1. The monoisotopic (exact) mass is 377 g/mol. The van der Waals surface area contributed by atoms with Crippen molar-refractivity contribution in [1.82, 2.24) is 4.90 Å². The summed E-state index contributed by atoms with van der Waals surface area (Å²) >= 11 is 0. The Bertz CT molecular complexity index is 788. The smallest absolute Gasteiger partial charge is 0.416 e. The van der Waals surface area contributed by atoms with Crippen LogP contribution in [0.5, 0.6) is 0 Å². The second-order valence-corrected chi connectivity index (χ2v) is 7.23. The first-order valence-corrected chi connectivity index (χ1v) is 9.87. The molecule has 0 aliphatic carbocycles. The largest absolute Gasteiger partial charge is 0.447 e. The number of benzene rings is 2. The second-order valence-electron chi connectivity index (χ2n) is 7.23. The lowest BCUT2D eigenvalue weighted by Gasteiger charge is -2.25. The van der Waals surface area contributed by atoms with Crippen LogP contribution in [0.1, 0.15) is 30.4 Å². The minimum Gasteiger partial charge on any atom is -0.447 e. The zero-order valence-corrected chi connectivity index (χ0v) is 16.1. The molecule has 2 amide bonds. The summed E-state index contributed by atoms with van der Waals surface area (Å²) < 4.78 is 5.25. The van der Waals surface area contributed by atoms with Gasteiger partial charge < -0.3 is 4.74 Å². The Morgan fingerprint density at radius 1 is 1.11 bits per heavy atom. The minimum atomic E-state index is -0.521. The normalized spacial score (nSPS) is 17.2. The lowest BCUT2D eigenvalue weighted by Crippen LogP contribution is -2.44. The summed E-state index contributed by atoms with van der Waals surface area (Å²) in [4.78, 5) is 27.1. The van der Waals surface area contributed by atoms with Crippen molar-refractivity contribution in [2.75, 3.05) is 6.61 Å². The van der Waals surface area contributed by atoms with E-state index in [9.17, 15) is 9.59 Å². The van der Waals surface area contributed by atoms with Gasteiger partial charge in [0.1, 0.15) is 6.61 Å². The number of imide groups is 1. The fraction of sp³-hybridized carbons (Fsp3) is 0.333. The average Bonchev–Trinajstić information content (AvgIpc) is 3.08. The van der Waals surface area contributed by atoms with E-state index in [4.69, 9.17) is 4.74 Å². The fourth-order valence-electron chi connectivity index (χ4n) is 3.68. The van der Waals surface area contributed by atoms with E-state index in [2.05, 4.69) is 6.58 Å². The maximum atomic E-state index is 13.4. The number of allylic oxidation sites excluding steroid dienone is 1. The van der Waals surface area contributed by atoms with E-state index in [0.717, 1.165) is 30.4 Å². The molecule has 4 nitrogen and oxygen atoms in total. The first-order chi connectivity index (χ1) is 13.7. The van der Waals surface area contributed by atoms with Gasteiger partial charge in [-0.05, 0) is 43.2 Å². The lowest BCUT2D eigenvalue weighted by atomic mass is 9.92. The first kappa shape index (κ1) is 19.9. The maximum Gasteiger partial charge on any atom is 0.416 e.